The highest BCUT2D eigenvalue weighted by Crippen LogP contribution is 2.17. The van der Waals surface area contributed by atoms with Crippen molar-refractivity contribution in [2.45, 2.75) is 39.4 Å². The minimum Gasteiger partial charge on any atom is -0.493 e. The van der Waals surface area contributed by atoms with Crippen LogP contribution in [0.5, 0.6) is 17.2 Å². The fourth-order valence-corrected chi connectivity index (χ4v) is 7.23. The Bertz CT molecular complexity index is 3370. The maximum absolute atomic E-state index is 12.0. The van der Waals surface area contributed by atoms with Gasteiger partial charge in [-0.15, -0.1) is 0 Å². The monoisotopic (exact) mass is 1240 g/mol. The molecule has 21 heteroatoms. The molecule has 4 aromatic heterocycles. The van der Waals surface area contributed by atoms with Crippen molar-refractivity contribution in [3.63, 3.8) is 0 Å². The third-order valence-corrected chi connectivity index (χ3v) is 11.4. The summed E-state index contributed by atoms with van der Waals surface area (Å²) in [6.45, 7) is 5.96. The SMILES string of the molecule is BrCCOc1ccccc1.CCOC(=O)/C=C/c1cn[nH]c1.Nc1ccccc1NC(=O)/C=C/c1cnn(CCCc2ccccc2)c1.O=C(O)/C=C/c1cnn(CCOc2ccccc2)c1.O=C(O)/C=C/c1cnn(CCOc2ccccc2)c1.[2HH].[2H][2H]. The number of esters is 1. The van der Waals surface area contributed by atoms with Crippen LogP contribution in [0.1, 0.15) is 45.6 Å². The molecule has 0 fully saturated rings. The number of carboxylic acid groups (broad SMARTS) is 2. The van der Waals surface area contributed by atoms with Crippen LogP contribution in [-0.2, 0) is 50.0 Å². The number of rotatable bonds is 25. The lowest BCUT2D eigenvalue weighted by Gasteiger charge is -2.05. The molecule has 450 valence electrons. The van der Waals surface area contributed by atoms with Gasteiger partial charge in [0.05, 0.1) is 62.5 Å². The van der Waals surface area contributed by atoms with Gasteiger partial charge in [0, 0.05) is 87.6 Å². The first-order chi connectivity index (χ1) is 42.9. The Labute approximate surface area is 512 Å². The topological polar surface area (TPSA) is 266 Å². The number of anilines is 2. The maximum atomic E-state index is 12.0. The number of para-hydroxylation sites is 5. The summed E-state index contributed by atoms with van der Waals surface area (Å²) >= 11 is 3.28. The number of carbonyl (C=O) groups is 4. The van der Waals surface area contributed by atoms with Crippen molar-refractivity contribution in [2.75, 3.05) is 42.8 Å². The zero-order valence-electron chi connectivity index (χ0n) is 49.4. The zero-order valence-corrected chi connectivity index (χ0v) is 49.0. The second-order valence-corrected chi connectivity index (χ2v) is 18.5. The second-order valence-electron chi connectivity index (χ2n) is 17.7. The summed E-state index contributed by atoms with van der Waals surface area (Å²) in [5, 5.41) is 39.6. The summed E-state index contributed by atoms with van der Waals surface area (Å²) in [6, 6.07) is 46.5. The molecule has 0 saturated heterocycles. The molecule has 4 heterocycles. The van der Waals surface area contributed by atoms with Gasteiger partial charge in [0.2, 0.25) is 5.91 Å². The number of benzene rings is 5. The Morgan fingerprint density at radius 2 is 1.02 bits per heavy atom. The van der Waals surface area contributed by atoms with Gasteiger partial charge in [-0.3, -0.25) is 23.9 Å². The number of nitrogens with two attached hydrogens (primary N) is 1. The van der Waals surface area contributed by atoms with Crippen molar-refractivity contribution < 1.29 is 52.7 Å². The lowest BCUT2D eigenvalue weighted by molar-refractivity contribution is -0.137. The van der Waals surface area contributed by atoms with E-state index >= 15 is 0 Å². The number of nitrogens with one attached hydrogen (secondary N) is 2. The lowest BCUT2D eigenvalue weighted by atomic mass is 10.1. The number of aromatic amines is 1. The summed E-state index contributed by atoms with van der Waals surface area (Å²) in [5.41, 5.74) is 11.5. The van der Waals surface area contributed by atoms with Crippen LogP contribution in [-0.4, -0.2) is 105 Å². The number of aryl methyl sites for hydroxylation is 2. The molecule has 9 rings (SSSR count). The van der Waals surface area contributed by atoms with Gasteiger partial charge >= 0.3 is 17.9 Å². The number of ether oxygens (including phenoxy) is 4. The summed E-state index contributed by atoms with van der Waals surface area (Å²) < 4.78 is 36.4. The van der Waals surface area contributed by atoms with Crippen molar-refractivity contribution in [3.05, 3.63) is 247 Å². The molecule has 5 aromatic carbocycles. The van der Waals surface area contributed by atoms with Gasteiger partial charge in [-0.05, 0) is 98.2 Å². The van der Waals surface area contributed by atoms with E-state index in [9.17, 15) is 19.2 Å². The van der Waals surface area contributed by atoms with Gasteiger partial charge in [-0.25, -0.2) is 14.4 Å². The standard InChI is InChI=1S/C21H22N4O.2C14H14N2O3.C8H9BrO.C8H10N2O2.2H2/c22-19-10-4-5-11-20(19)24-21(26)13-12-18-15-23-25(16-18)14-6-9-17-7-2-1-3-8-17;2*17-14(18)7-6-12-10-15-16(11-12)8-9-19-13-4-2-1-3-5-13;9-6-7-10-8-4-2-1-3-5-8;1-2-12-8(11)4-3-7-5-9-10-6-7;;/h1-5,7-8,10-13,15-16H,6,9,14,22H2,(H,24,26);2*1-7,10-11H,8-9H2,(H,17,18);1-5H,6-7H2;3-6H,2H2,1H3,(H,9,10);2*1H/b13-12+;2*7-6+;;4-3+;;/i;;;;;1+1D;1+1. The van der Waals surface area contributed by atoms with Crippen molar-refractivity contribution in [3.8, 4) is 17.2 Å². The molecule has 0 saturated carbocycles. The quantitative estimate of drug-likeness (QED) is 0.0154. The van der Waals surface area contributed by atoms with Crippen LogP contribution in [0.4, 0.5) is 11.4 Å². The van der Waals surface area contributed by atoms with Crippen LogP contribution in [0.15, 0.2) is 219 Å². The van der Waals surface area contributed by atoms with Crippen LogP contribution in [0, 0.1) is 0 Å². The van der Waals surface area contributed by atoms with Crippen LogP contribution < -0.4 is 25.3 Å². The number of halogens is 1. The third-order valence-electron chi connectivity index (χ3n) is 11.1. The minimum absolute atomic E-state index is 0. The van der Waals surface area contributed by atoms with Gasteiger partial charge in [0.25, 0.3) is 0 Å². The maximum Gasteiger partial charge on any atom is 0.330 e. The Hall–Kier alpha value is -10.5. The lowest BCUT2D eigenvalue weighted by Crippen LogP contribution is -2.09. The van der Waals surface area contributed by atoms with Gasteiger partial charge in [0.15, 0.2) is 0 Å². The normalized spacial score (nSPS) is 10.7. The van der Waals surface area contributed by atoms with E-state index in [4.69, 9.17) is 33.1 Å². The molecule has 86 heavy (non-hydrogen) atoms. The van der Waals surface area contributed by atoms with Crippen molar-refractivity contribution in [1.29, 1.82) is 0 Å². The van der Waals surface area contributed by atoms with Gasteiger partial charge < -0.3 is 40.2 Å². The van der Waals surface area contributed by atoms with E-state index < -0.39 is 11.9 Å². The number of aliphatic carboxylic acids is 2. The first-order valence-corrected chi connectivity index (χ1v) is 28.3. The highest BCUT2D eigenvalue weighted by Gasteiger charge is 2.04. The highest BCUT2D eigenvalue weighted by molar-refractivity contribution is 9.09. The largest absolute Gasteiger partial charge is 0.493 e. The molecule has 9 aromatic rings. The Morgan fingerprint density at radius 1 is 0.581 bits per heavy atom. The van der Waals surface area contributed by atoms with Crippen LogP contribution in [0.2, 0.25) is 0 Å². The van der Waals surface area contributed by atoms with Crippen LogP contribution in [0.25, 0.3) is 24.3 Å². The van der Waals surface area contributed by atoms with Gasteiger partial charge in [-0.1, -0.05) is 113 Å². The first-order valence-electron chi connectivity index (χ1n) is 28.1. The highest BCUT2D eigenvalue weighted by atomic mass is 79.9. The van der Waals surface area contributed by atoms with Crippen LogP contribution in [0.3, 0.4) is 0 Å². The number of alkyl halides is 1. The third kappa shape index (κ3) is 28.9. The molecular weight excluding hydrogens is 1160 g/mol. The fraction of sp³-hybridized carbons (Fsp3) is 0.169. The number of carbonyl (C=O) groups excluding carboxylic acids is 2. The number of H-pyrrole nitrogens is 1. The number of nitrogen functional groups attached to an aromatic ring is 1. The average Bonchev–Trinajstić information content (AvgIpc) is 4.64. The van der Waals surface area contributed by atoms with E-state index in [0.29, 0.717) is 44.3 Å². The molecule has 0 aliphatic heterocycles. The number of hydrogen-bond donors (Lipinski definition) is 5. The Morgan fingerprint density at radius 3 is 1.48 bits per heavy atom. The average molecular weight is 1240 g/mol. The molecular formula is C65H73BrN10O10. The van der Waals surface area contributed by atoms with E-state index in [1.54, 1.807) is 84.0 Å². The molecule has 0 aliphatic carbocycles. The number of amides is 1. The number of aromatic nitrogens is 8. The second kappa shape index (κ2) is 39.8. The predicted molar refractivity (Wildman–Crippen MR) is 341 cm³/mol. The minimum atomic E-state index is -0.972. The predicted octanol–water partition coefficient (Wildman–Crippen LogP) is 11.8. The Kier molecular flexibility index (Phi) is 29.9. The smallest absolute Gasteiger partial charge is 0.330 e. The van der Waals surface area contributed by atoms with Crippen LogP contribution >= 0.6 is 15.9 Å². The summed E-state index contributed by atoms with van der Waals surface area (Å²) in [7, 11) is 0. The molecule has 0 unspecified atom stereocenters. The van der Waals surface area contributed by atoms with E-state index in [1.165, 1.54) is 29.9 Å². The zero-order chi connectivity index (χ0) is 63.2. The summed E-state index contributed by atoms with van der Waals surface area (Å²) in [5.74, 6) is 0.0713. The molecule has 1 amide bonds. The fourth-order valence-electron chi connectivity index (χ4n) is 7.07. The van der Waals surface area contributed by atoms with E-state index in [2.05, 4.69) is 75.7 Å². The first kappa shape index (κ1) is 64.6. The molecule has 6 N–H and O–H groups in total. The van der Waals surface area contributed by atoms with E-state index in [1.807, 2.05) is 120 Å². The van der Waals surface area contributed by atoms with Gasteiger partial charge in [0.1, 0.15) is 30.5 Å². The van der Waals surface area contributed by atoms with E-state index in [-0.39, 0.29) is 13.3 Å². The van der Waals surface area contributed by atoms with E-state index in [0.717, 1.165) is 83.0 Å². The number of carboxylic acids is 2. The number of hydrogen-bond acceptors (Lipinski definition) is 13. The molecule has 0 aliphatic rings. The Balaban J connectivity index is 0.000000298. The van der Waals surface area contributed by atoms with Crippen molar-refractivity contribution in [1.82, 2.24) is 39.5 Å². The van der Waals surface area contributed by atoms with Crippen molar-refractivity contribution >= 4 is 75.4 Å². The summed E-state index contributed by atoms with van der Waals surface area (Å²) in [4.78, 5) is 43.5. The molecule has 0 spiro atoms. The molecule has 0 atom stereocenters. The van der Waals surface area contributed by atoms with Crippen molar-refractivity contribution in [2.24, 2.45) is 0 Å². The molecule has 20 nitrogen and oxygen atoms in total. The molecule has 0 radical (unpaired) electrons. The van der Waals surface area contributed by atoms with Gasteiger partial charge in [-0.2, -0.15) is 20.4 Å². The number of nitrogens with zero attached hydrogens (tertiary/aromatic N) is 7. The summed E-state index contributed by atoms with van der Waals surface area (Å²) in [6.07, 6.45) is 27.2. The molecule has 0 bridgehead atoms.